The molecule has 0 saturated heterocycles. The van der Waals surface area contributed by atoms with Crippen molar-refractivity contribution >= 4 is 0 Å². The summed E-state index contributed by atoms with van der Waals surface area (Å²) >= 11 is 0. The average molecular weight is 245 g/mol. The van der Waals surface area contributed by atoms with Crippen LogP contribution in [0.3, 0.4) is 0 Å². The number of halogens is 1. The summed E-state index contributed by atoms with van der Waals surface area (Å²) in [6, 6.07) is 6.35. The Kier molecular flexibility index (Phi) is 3.99. The molecule has 0 bridgehead atoms. The lowest BCUT2D eigenvalue weighted by atomic mass is 10.1. The van der Waals surface area contributed by atoms with E-state index in [1.54, 1.807) is 12.1 Å². The number of hydrogen-bond acceptors (Lipinski definition) is 4. The van der Waals surface area contributed by atoms with Crippen LogP contribution < -0.4 is 5.32 Å². The van der Waals surface area contributed by atoms with E-state index in [9.17, 15) is 4.39 Å². The van der Waals surface area contributed by atoms with E-state index < -0.39 is 5.82 Å². The normalized spacial score (nSPS) is 10.2. The van der Waals surface area contributed by atoms with Gasteiger partial charge in [-0.05, 0) is 17.7 Å². The Hall–Kier alpha value is -2.26. The second kappa shape index (κ2) is 5.89. The summed E-state index contributed by atoms with van der Waals surface area (Å²) < 4.78 is 13.1. The number of H-pyrrole nitrogens is 1. The first-order chi connectivity index (χ1) is 8.79. The first kappa shape index (κ1) is 12.2. The summed E-state index contributed by atoms with van der Waals surface area (Å²) in [4.78, 5) is 4.00. The number of nitrogens with one attached hydrogen (secondary N) is 2. The highest BCUT2D eigenvalue weighted by molar-refractivity contribution is 5.34. The van der Waals surface area contributed by atoms with E-state index in [1.807, 2.05) is 6.07 Å². The summed E-state index contributed by atoms with van der Waals surface area (Å²) in [5, 5.41) is 18.4. The molecule has 0 unspecified atom stereocenters. The van der Waals surface area contributed by atoms with Crippen LogP contribution in [-0.2, 0) is 13.0 Å². The molecule has 0 amide bonds. The van der Waals surface area contributed by atoms with Crippen LogP contribution in [0.25, 0.3) is 0 Å². The third kappa shape index (κ3) is 3.12. The molecule has 2 N–H and O–H groups in total. The lowest BCUT2D eigenvalue weighted by Gasteiger charge is -2.04. The van der Waals surface area contributed by atoms with Crippen molar-refractivity contribution in [2.24, 2.45) is 0 Å². The zero-order chi connectivity index (χ0) is 12.8. The molecule has 6 heteroatoms. The summed E-state index contributed by atoms with van der Waals surface area (Å²) in [7, 11) is 0. The maximum Gasteiger partial charge on any atom is 0.140 e. The highest BCUT2D eigenvalue weighted by atomic mass is 19.1. The van der Waals surface area contributed by atoms with Gasteiger partial charge >= 0.3 is 0 Å². The second-order valence-electron chi connectivity index (χ2n) is 3.78. The topological polar surface area (TPSA) is 77.4 Å². The van der Waals surface area contributed by atoms with Gasteiger partial charge in [0, 0.05) is 19.5 Å². The van der Waals surface area contributed by atoms with Crippen molar-refractivity contribution < 1.29 is 4.39 Å². The van der Waals surface area contributed by atoms with Crippen LogP contribution in [0.2, 0.25) is 0 Å². The van der Waals surface area contributed by atoms with Gasteiger partial charge in [0.15, 0.2) is 0 Å². The van der Waals surface area contributed by atoms with Gasteiger partial charge in [0.2, 0.25) is 0 Å². The number of benzene rings is 1. The summed E-state index contributed by atoms with van der Waals surface area (Å²) in [6.45, 7) is 1.32. The fourth-order valence-corrected chi connectivity index (χ4v) is 1.56. The quantitative estimate of drug-likeness (QED) is 0.774. The summed E-state index contributed by atoms with van der Waals surface area (Å²) in [5.74, 6) is 0.335. The standard InChI is InChI=1S/C12H12FN5/c13-11-2-1-9(5-10(11)6-14)7-15-4-3-12-16-8-17-18-12/h1-2,5,8,15H,3-4,7H2,(H,16,17,18). The molecule has 5 nitrogen and oxygen atoms in total. The molecule has 1 heterocycles. The number of aromatic nitrogens is 3. The molecule has 2 rings (SSSR count). The van der Waals surface area contributed by atoms with Crippen LogP contribution in [0.5, 0.6) is 0 Å². The molecule has 0 aliphatic rings. The van der Waals surface area contributed by atoms with Crippen molar-refractivity contribution in [3.8, 4) is 6.07 Å². The molecule has 0 aliphatic carbocycles. The number of nitrogens with zero attached hydrogens (tertiary/aromatic N) is 3. The van der Waals surface area contributed by atoms with Gasteiger partial charge in [0.25, 0.3) is 0 Å². The predicted octanol–water partition coefficient (Wildman–Crippen LogP) is 1.15. The molecule has 1 aromatic carbocycles. The van der Waals surface area contributed by atoms with Gasteiger partial charge in [-0.1, -0.05) is 6.07 Å². The van der Waals surface area contributed by atoms with E-state index in [-0.39, 0.29) is 5.56 Å². The predicted molar refractivity (Wildman–Crippen MR) is 62.9 cm³/mol. The van der Waals surface area contributed by atoms with Crippen molar-refractivity contribution in [3.63, 3.8) is 0 Å². The Morgan fingerprint density at radius 3 is 3.06 bits per heavy atom. The van der Waals surface area contributed by atoms with Crippen molar-refractivity contribution in [2.45, 2.75) is 13.0 Å². The third-order valence-corrected chi connectivity index (χ3v) is 2.48. The van der Waals surface area contributed by atoms with Crippen LogP contribution in [0.1, 0.15) is 17.0 Å². The molecular weight excluding hydrogens is 233 g/mol. The number of nitriles is 1. The van der Waals surface area contributed by atoms with Gasteiger partial charge in [0.05, 0.1) is 5.56 Å². The van der Waals surface area contributed by atoms with Crippen molar-refractivity contribution in [1.82, 2.24) is 20.5 Å². The lowest BCUT2D eigenvalue weighted by Crippen LogP contribution is -2.17. The average Bonchev–Trinajstić information content (AvgIpc) is 2.89. The zero-order valence-electron chi connectivity index (χ0n) is 9.65. The Morgan fingerprint density at radius 1 is 1.44 bits per heavy atom. The Balaban J connectivity index is 1.82. The summed E-state index contributed by atoms with van der Waals surface area (Å²) in [6.07, 6.45) is 2.21. The maximum atomic E-state index is 13.1. The van der Waals surface area contributed by atoms with Gasteiger partial charge in [-0.3, -0.25) is 5.10 Å². The van der Waals surface area contributed by atoms with Gasteiger partial charge in [-0.2, -0.15) is 10.4 Å². The number of hydrogen-bond donors (Lipinski definition) is 2. The SMILES string of the molecule is N#Cc1cc(CNCCc2ncn[nH]2)ccc1F. The molecule has 18 heavy (non-hydrogen) atoms. The van der Waals surface area contributed by atoms with Crippen LogP contribution in [0, 0.1) is 17.1 Å². The Morgan fingerprint density at radius 2 is 2.33 bits per heavy atom. The number of rotatable bonds is 5. The van der Waals surface area contributed by atoms with Crippen LogP contribution in [0.4, 0.5) is 4.39 Å². The molecule has 0 spiro atoms. The van der Waals surface area contributed by atoms with Crippen molar-refractivity contribution in [3.05, 3.63) is 47.3 Å². The van der Waals surface area contributed by atoms with Crippen LogP contribution in [0.15, 0.2) is 24.5 Å². The Bertz CT molecular complexity index is 544. The van der Waals surface area contributed by atoms with E-state index in [0.717, 1.165) is 24.4 Å². The zero-order valence-corrected chi connectivity index (χ0v) is 9.65. The molecule has 0 radical (unpaired) electrons. The monoisotopic (exact) mass is 245 g/mol. The minimum absolute atomic E-state index is 0.0736. The van der Waals surface area contributed by atoms with Gasteiger partial charge in [0.1, 0.15) is 24.0 Å². The highest BCUT2D eigenvalue weighted by Crippen LogP contribution is 2.09. The second-order valence-corrected chi connectivity index (χ2v) is 3.78. The molecule has 1 aromatic heterocycles. The first-order valence-corrected chi connectivity index (χ1v) is 5.53. The highest BCUT2D eigenvalue weighted by Gasteiger charge is 2.02. The van der Waals surface area contributed by atoms with E-state index in [4.69, 9.17) is 5.26 Å². The molecule has 0 aliphatic heterocycles. The molecule has 0 atom stereocenters. The van der Waals surface area contributed by atoms with Gasteiger partial charge in [-0.25, -0.2) is 9.37 Å². The van der Waals surface area contributed by atoms with Gasteiger partial charge < -0.3 is 5.32 Å². The van der Waals surface area contributed by atoms with Gasteiger partial charge in [-0.15, -0.1) is 0 Å². The van der Waals surface area contributed by atoms with E-state index >= 15 is 0 Å². The first-order valence-electron chi connectivity index (χ1n) is 5.53. The third-order valence-electron chi connectivity index (χ3n) is 2.48. The van der Waals surface area contributed by atoms with Crippen molar-refractivity contribution in [1.29, 1.82) is 5.26 Å². The largest absolute Gasteiger partial charge is 0.312 e. The maximum absolute atomic E-state index is 13.1. The van der Waals surface area contributed by atoms with Crippen LogP contribution >= 0.6 is 0 Å². The lowest BCUT2D eigenvalue weighted by molar-refractivity contribution is 0.620. The smallest absolute Gasteiger partial charge is 0.140 e. The minimum Gasteiger partial charge on any atom is -0.312 e. The molecule has 92 valence electrons. The molecular formula is C12H12FN5. The molecule has 0 fully saturated rings. The van der Waals surface area contributed by atoms with E-state index in [2.05, 4.69) is 20.5 Å². The Labute approximate surface area is 104 Å². The van der Waals surface area contributed by atoms with Crippen molar-refractivity contribution in [2.75, 3.05) is 6.54 Å². The minimum atomic E-state index is -0.483. The fraction of sp³-hybridized carbons (Fsp3) is 0.250. The molecule has 2 aromatic rings. The van der Waals surface area contributed by atoms with E-state index in [1.165, 1.54) is 12.4 Å². The molecule has 0 saturated carbocycles. The van der Waals surface area contributed by atoms with E-state index in [0.29, 0.717) is 6.54 Å². The van der Waals surface area contributed by atoms with Crippen LogP contribution in [-0.4, -0.2) is 21.7 Å². The number of aromatic amines is 1. The summed E-state index contributed by atoms with van der Waals surface area (Å²) in [5.41, 5.74) is 0.954. The fourth-order valence-electron chi connectivity index (χ4n) is 1.56.